The number of anilines is 1. The average Bonchev–Trinajstić information content (AvgIpc) is 2.61. The summed E-state index contributed by atoms with van der Waals surface area (Å²) in [5.74, 6) is -0.312. The van der Waals surface area contributed by atoms with Gasteiger partial charge >= 0.3 is 5.97 Å². The molecular formula is C13H18N4O2. The van der Waals surface area contributed by atoms with Crippen molar-refractivity contribution in [2.24, 2.45) is 0 Å². The highest BCUT2D eigenvalue weighted by molar-refractivity contribution is 5.88. The number of aromatic carboxylic acids is 1. The van der Waals surface area contributed by atoms with Crippen LogP contribution in [0.4, 0.5) is 5.82 Å². The predicted octanol–water partition coefficient (Wildman–Crippen LogP) is 1.97. The van der Waals surface area contributed by atoms with E-state index in [9.17, 15) is 9.90 Å². The number of aryl methyl sites for hydroxylation is 1. The molecular weight excluding hydrogens is 244 g/mol. The van der Waals surface area contributed by atoms with Crippen LogP contribution in [-0.4, -0.2) is 38.3 Å². The average molecular weight is 262 g/mol. The molecule has 2 heterocycles. The van der Waals surface area contributed by atoms with Crippen molar-refractivity contribution in [1.82, 2.24) is 14.6 Å². The maximum atomic E-state index is 11.3. The van der Waals surface area contributed by atoms with Gasteiger partial charge in [0.05, 0.1) is 5.69 Å². The van der Waals surface area contributed by atoms with Crippen molar-refractivity contribution in [3.8, 4) is 0 Å². The van der Waals surface area contributed by atoms with Crippen molar-refractivity contribution in [1.29, 1.82) is 0 Å². The van der Waals surface area contributed by atoms with Crippen LogP contribution in [0.25, 0.3) is 5.65 Å². The summed E-state index contributed by atoms with van der Waals surface area (Å²) in [5.41, 5.74) is 1.02. The maximum Gasteiger partial charge on any atom is 0.356 e. The van der Waals surface area contributed by atoms with E-state index in [1.165, 1.54) is 4.52 Å². The Morgan fingerprint density at radius 3 is 2.53 bits per heavy atom. The number of carboxylic acid groups (broad SMARTS) is 1. The predicted molar refractivity (Wildman–Crippen MR) is 72.8 cm³/mol. The molecule has 0 saturated heterocycles. The van der Waals surface area contributed by atoms with Crippen molar-refractivity contribution in [2.45, 2.75) is 33.2 Å². The van der Waals surface area contributed by atoms with Crippen LogP contribution in [0.1, 0.15) is 37.0 Å². The van der Waals surface area contributed by atoms with Crippen molar-refractivity contribution < 1.29 is 9.90 Å². The minimum atomic E-state index is -1.02. The molecule has 0 aliphatic heterocycles. The van der Waals surface area contributed by atoms with Crippen LogP contribution in [0.5, 0.6) is 0 Å². The van der Waals surface area contributed by atoms with E-state index < -0.39 is 5.97 Å². The zero-order valence-electron chi connectivity index (χ0n) is 11.8. The molecule has 2 aromatic rings. The van der Waals surface area contributed by atoms with E-state index in [1.54, 1.807) is 13.0 Å². The summed E-state index contributed by atoms with van der Waals surface area (Å²) in [6.07, 6.45) is 0. The van der Waals surface area contributed by atoms with Crippen LogP contribution in [0.3, 0.4) is 0 Å². The molecule has 0 atom stereocenters. The fourth-order valence-corrected chi connectivity index (χ4v) is 1.80. The molecule has 0 unspecified atom stereocenters. The van der Waals surface area contributed by atoms with E-state index in [1.807, 2.05) is 18.0 Å². The van der Waals surface area contributed by atoms with Gasteiger partial charge in [0.15, 0.2) is 11.3 Å². The van der Waals surface area contributed by atoms with Crippen LogP contribution in [0.2, 0.25) is 0 Å². The van der Waals surface area contributed by atoms with E-state index >= 15 is 0 Å². The molecule has 0 fully saturated rings. The minimum absolute atomic E-state index is 0.0975. The van der Waals surface area contributed by atoms with Crippen molar-refractivity contribution in [3.63, 3.8) is 0 Å². The summed E-state index contributed by atoms with van der Waals surface area (Å²) in [6, 6.07) is 3.63. The first kappa shape index (κ1) is 13.3. The molecule has 0 aliphatic rings. The van der Waals surface area contributed by atoms with Gasteiger partial charge in [0.25, 0.3) is 0 Å². The first-order valence-electron chi connectivity index (χ1n) is 6.05. The number of hydrogen-bond acceptors (Lipinski definition) is 4. The van der Waals surface area contributed by atoms with Gasteiger partial charge in [0.2, 0.25) is 0 Å². The third kappa shape index (κ3) is 2.25. The topological polar surface area (TPSA) is 70.7 Å². The normalized spacial score (nSPS) is 11.8. The number of aromatic nitrogens is 3. The molecule has 0 aromatic carbocycles. The standard InChI is InChI=1S/C13H18N4O2/c1-8-11(12(18)19)17-9(14-8)6-7-10(15-17)16(5)13(2,3)4/h6-7H,1-5H3,(H,18,19). The maximum absolute atomic E-state index is 11.3. The van der Waals surface area contributed by atoms with Crippen molar-refractivity contribution >= 4 is 17.4 Å². The molecule has 6 heteroatoms. The van der Waals surface area contributed by atoms with Gasteiger partial charge in [-0.15, -0.1) is 5.10 Å². The van der Waals surface area contributed by atoms with Crippen LogP contribution in [0.15, 0.2) is 12.1 Å². The number of carbonyl (C=O) groups is 1. The molecule has 0 aliphatic carbocycles. The highest BCUT2D eigenvalue weighted by Crippen LogP contribution is 2.21. The molecule has 102 valence electrons. The fourth-order valence-electron chi connectivity index (χ4n) is 1.80. The van der Waals surface area contributed by atoms with E-state index in [4.69, 9.17) is 0 Å². The van der Waals surface area contributed by atoms with E-state index in [-0.39, 0.29) is 11.2 Å². The van der Waals surface area contributed by atoms with Crippen molar-refractivity contribution in [2.75, 3.05) is 11.9 Å². The Balaban J connectivity index is 2.63. The zero-order valence-corrected chi connectivity index (χ0v) is 11.8. The molecule has 0 bridgehead atoms. The van der Waals surface area contributed by atoms with Gasteiger partial charge in [0.1, 0.15) is 5.82 Å². The second kappa shape index (κ2) is 4.22. The fraction of sp³-hybridized carbons (Fsp3) is 0.462. The molecule has 2 aromatic heterocycles. The summed E-state index contributed by atoms with van der Waals surface area (Å²) in [5, 5.41) is 13.6. The summed E-state index contributed by atoms with van der Waals surface area (Å²) in [7, 11) is 1.93. The Kier molecular flexibility index (Phi) is 2.96. The highest BCUT2D eigenvalue weighted by Gasteiger charge is 2.21. The van der Waals surface area contributed by atoms with Gasteiger partial charge in [-0.1, -0.05) is 0 Å². The summed E-state index contributed by atoms with van der Waals surface area (Å²) >= 11 is 0. The lowest BCUT2D eigenvalue weighted by Crippen LogP contribution is -2.38. The number of nitrogens with zero attached hydrogens (tertiary/aromatic N) is 4. The molecule has 1 N–H and O–H groups in total. The monoisotopic (exact) mass is 262 g/mol. The Hall–Kier alpha value is -2.11. The largest absolute Gasteiger partial charge is 0.476 e. The smallest absolute Gasteiger partial charge is 0.356 e. The SMILES string of the molecule is Cc1nc2ccc(N(C)C(C)(C)C)nn2c1C(=O)O. The molecule has 0 radical (unpaired) electrons. The number of carboxylic acids is 1. The van der Waals surface area contributed by atoms with Crippen LogP contribution >= 0.6 is 0 Å². The first-order chi connectivity index (χ1) is 8.71. The second-order valence-electron chi connectivity index (χ2n) is 5.54. The lowest BCUT2D eigenvalue weighted by molar-refractivity contribution is 0.0687. The molecule has 6 nitrogen and oxygen atoms in total. The first-order valence-corrected chi connectivity index (χ1v) is 6.05. The Bertz CT molecular complexity index is 640. The minimum Gasteiger partial charge on any atom is -0.476 e. The number of rotatable bonds is 2. The molecule has 19 heavy (non-hydrogen) atoms. The van der Waals surface area contributed by atoms with Gasteiger partial charge in [-0.25, -0.2) is 14.3 Å². The van der Waals surface area contributed by atoms with E-state index in [0.29, 0.717) is 17.2 Å². The highest BCUT2D eigenvalue weighted by atomic mass is 16.4. The number of fused-ring (bicyclic) bond motifs is 1. The van der Waals surface area contributed by atoms with Crippen LogP contribution in [0, 0.1) is 6.92 Å². The molecule has 2 rings (SSSR count). The van der Waals surface area contributed by atoms with Crippen LogP contribution < -0.4 is 4.90 Å². The number of hydrogen-bond donors (Lipinski definition) is 1. The summed E-state index contributed by atoms with van der Waals surface area (Å²) in [6.45, 7) is 7.87. The Labute approximate surface area is 111 Å². The zero-order chi connectivity index (χ0) is 14.4. The molecule has 0 amide bonds. The van der Waals surface area contributed by atoms with Gasteiger partial charge in [-0.2, -0.15) is 0 Å². The summed E-state index contributed by atoms with van der Waals surface area (Å²) < 4.78 is 1.38. The quantitative estimate of drug-likeness (QED) is 0.896. The Morgan fingerprint density at radius 2 is 2.00 bits per heavy atom. The van der Waals surface area contributed by atoms with Crippen molar-refractivity contribution in [3.05, 3.63) is 23.5 Å². The molecule has 0 saturated carbocycles. The van der Waals surface area contributed by atoms with Gasteiger partial charge in [0, 0.05) is 12.6 Å². The van der Waals surface area contributed by atoms with Gasteiger partial charge in [-0.3, -0.25) is 0 Å². The lowest BCUT2D eigenvalue weighted by Gasteiger charge is -2.32. The third-order valence-corrected chi connectivity index (χ3v) is 3.19. The summed E-state index contributed by atoms with van der Waals surface area (Å²) in [4.78, 5) is 17.5. The second-order valence-corrected chi connectivity index (χ2v) is 5.54. The van der Waals surface area contributed by atoms with Crippen LogP contribution in [-0.2, 0) is 0 Å². The Morgan fingerprint density at radius 1 is 1.37 bits per heavy atom. The van der Waals surface area contributed by atoms with Gasteiger partial charge < -0.3 is 10.0 Å². The lowest BCUT2D eigenvalue weighted by atomic mass is 10.1. The van der Waals surface area contributed by atoms with E-state index in [2.05, 4.69) is 30.9 Å². The van der Waals surface area contributed by atoms with E-state index in [0.717, 1.165) is 0 Å². The van der Waals surface area contributed by atoms with Gasteiger partial charge in [-0.05, 0) is 39.8 Å². The third-order valence-electron chi connectivity index (χ3n) is 3.19. The molecule has 0 spiro atoms. The number of imidazole rings is 1.